The molecule has 2 N–H and O–H groups in total. The minimum Gasteiger partial charge on any atom is -0.349 e. The van der Waals surface area contributed by atoms with E-state index in [1.54, 1.807) is 30.3 Å². The first-order chi connectivity index (χ1) is 13.9. The Morgan fingerprint density at radius 3 is 2.59 bits per heavy atom. The first kappa shape index (κ1) is 20.5. The van der Waals surface area contributed by atoms with Gasteiger partial charge in [-0.3, -0.25) is 19.7 Å². The largest absolute Gasteiger partial charge is 0.349 e. The molecule has 0 unspecified atom stereocenters. The number of hydrogen-bond donors (Lipinski definition) is 2. The second kappa shape index (κ2) is 9.34. The minimum absolute atomic E-state index is 0.0267. The third-order valence-electron chi connectivity index (χ3n) is 4.71. The zero-order chi connectivity index (χ0) is 20.8. The van der Waals surface area contributed by atoms with E-state index in [1.165, 1.54) is 24.3 Å². The number of nitro groups is 1. The molecule has 0 atom stereocenters. The van der Waals surface area contributed by atoms with Crippen LogP contribution in [0.1, 0.15) is 41.6 Å². The second-order valence-corrected chi connectivity index (χ2v) is 7.20. The number of rotatable bonds is 6. The highest BCUT2D eigenvalue weighted by Crippen LogP contribution is 2.25. The van der Waals surface area contributed by atoms with Crippen molar-refractivity contribution in [1.82, 2.24) is 5.32 Å². The normalized spacial score (nSPS) is 14.1. The molecule has 0 saturated heterocycles. The van der Waals surface area contributed by atoms with Crippen molar-refractivity contribution in [2.45, 2.75) is 31.7 Å². The number of halogens is 1. The maximum absolute atomic E-state index is 12.6. The quantitative estimate of drug-likeness (QED) is 0.411. The maximum Gasteiger partial charge on any atom is 0.288 e. The molecule has 1 saturated carbocycles. The number of anilines is 1. The molecule has 1 aliphatic carbocycles. The van der Waals surface area contributed by atoms with Crippen molar-refractivity contribution in [3.05, 3.63) is 74.8 Å². The molecule has 29 heavy (non-hydrogen) atoms. The van der Waals surface area contributed by atoms with Gasteiger partial charge in [0.2, 0.25) is 5.91 Å². The summed E-state index contributed by atoms with van der Waals surface area (Å²) in [6.07, 6.45) is 6.85. The minimum atomic E-state index is -0.584. The zero-order valence-corrected chi connectivity index (χ0v) is 16.3. The molecule has 2 aromatic rings. The van der Waals surface area contributed by atoms with E-state index >= 15 is 0 Å². The number of para-hydroxylation sites is 1. The van der Waals surface area contributed by atoms with Crippen molar-refractivity contribution in [2.75, 3.05) is 5.32 Å². The Morgan fingerprint density at radius 2 is 1.86 bits per heavy atom. The monoisotopic (exact) mass is 413 g/mol. The van der Waals surface area contributed by atoms with Gasteiger partial charge in [-0.25, -0.2) is 0 Å². The molecule has 0 heterocycles. The fourth-order valence-electron chi connectivity index (χ4n) is 3.24. The van der Waals surface area contributed by atoms with Crippen molar-refractivity contribution < 1.29 is 14.5 Å². The number of benzene rings is 2. The predicted octanol–water partition coefficient (Wildman–Crippen LogP) is 4.57. The fraction of sp³-hybridized carbons (Fsp3) is 0.238. The molecule has 2 amide bonds. The van der Waals surface area contributed by atoms with E-state index in [0.29, 0.717) is 16.8 Å². The Kier molecular flexibility index (Phi) is 6.61. The van der Waals surface area contributed by atoms with Crippen LogP contribution >= 0.6 is 11.6 Å². The third kappa shape index (κ3) is 5.42. The topological polar surface area (TPSA) is 101 Å². The number of nitrogens with zero attached hydrogens (tertiary/aromatic N) is 1. The van der Waals surface area contributed by atoms with Crippen LogP contribution in [0.15, 0.2) is 48.5 Å². The van der Waals surface area contributed by atoms with Crippen molar-refractivity contribution in [1.29, 1.82) is 0 Å². The zero-order valence-electron chi connectivity index (χ0n) is 15.6. The Morgan fingerprint density at radius 1 is 1.14 bits per heavy atom. The van der Waals surface area contributed by atoms with Crippen LogP contribution in [-0.2, 0) is 4.79 Å². The van der Waals surface area contributed by atoms with Crippen molar-refractivity contribution in [3.63, 3.8) is 0 Å². The van der Waals surface area contributed by atoms with Crippen LogP contribution in [0.3, 0.4) is 0 Å². The lowest BCUT2D eigenvalue weighted by molar-refractivity contribution is -0.384. The van der Waals surface area contributed by atoms with E-state index in [0.717, 1.165) is 25.7 Å². The van der Waals surface area contributed by atoms with Crippen LogP contribution in [0.5, 0.6) is 0 Å². The molecule has 3 rings (SSSR count). The number of hydrogen-bond acceptors (Lipinski definition) is 4. The van der Waals surface area contributed by atoms with Crippen LogP contribution in [0.4, 0.5) is 11.4 Å². The molecule has 7 nitrogen and oxygen atoms in total. The molecular formula is C21H20ClN3O4. The molecule has 8 heteroatoms. The standard InChI is InChI=1S/C21H20ClN3O4/c22-17-11-9-14(13-19(17)25(28)29)10-12-20(26)24-18-8-4-3-7-16(18)21(27)23-15-5-1-2-6-15/h3-4,7-13,15H,1-2,5-6H2,(H,23,27)(H,24,26)/b12-10+. The smallest absolute Gasteiger partial charge is 0.288 e. The summed E-state index contributed by atoms with van der Waals surface area (Å²) in [6, 6.07) is 11.2. The van der Waals surface area contributed by atoms with Gasteiger partial charge in [0, 0.05) is 18.2 Å². The lowest BCUT2D eigenvalue weighted by Crippen LogP contribution is -2.33. The number of carbonyl (C=O) groups excluding carboxylic acids is 2. The molecule has 1 fully saturated rings. The lowest BCUT2D eigenvalue weighted by Gasteiger charge is -2.14. The molecule has 1 aliphatic rings. The van der Waals surface area contributed by atoms with Gasteiger partial charge in [-0.15, -0.1) is 0 Å². The fourth-order valence-corrected chi connectivity index (χ4v) is 3.43. The highest BCUT2D eigenvalue weighted by molar-refractivity contribution is 6.32. The van der Waals surface area contributed by atoms with Gasteiger partial charge < -0.3 is 10.6 Å². The van der Waals surface area contributed by atoms with Gasteiger partial charge in [0.1, 0.15) is 5.02 Å². The number of amides is 2. The first-order valence-corrected chi connectivity index (χ1v) is 9.65. The van der Waals surface area contributed by atoms with Crippen LogP contribution in [0.2, 0.25) is 5.02 Å². The SMILES string of the molecule is O=C(/C=C/c1ccc(Cl)c([N+](=O)[O-])c1)Nc1ccccc1C(=O)NC1CCCC1. The highest BCUT2D eigenvalue weighted by atomic mass is 35.5. The summed E-state index contributed by atoms with van der Waals surface area (Å²) in [5, 5.41) is 16.7. The molecule has 0 bridgehead atoms. The van der Waals surface area contributed by atoms with Crippen LogP contribution in [0.25, 0.3) is 6.08 Å². The van der Waals surface area contributed by atoms with Crippen molar-refractivity contribution in [2.24, 2.45) is 0 Å². The first-order valence-electron chi connectivity index (χ1n) is 9.27. The van der Waals surface area contributed by atoms with Gasteiger partial charge in [0.05, 0.1) is 16.2 Å². The molecule has 2 aromatic carbocycles. The van der Waals surface area contributed by atoms with E-state index in [-0.39, 0.29) is 22.7 Å². The van der Waals surface area contributed by atoms with E-state index in [4.69, 9.17) is 11.6 Å². The maximum atomic E-state index is 12.6. The Balaban J connectivity index is 1.69. The van der Waals surface area contributed by atoms with Crippen LogP contribution < -0.4 is 10.6 Å². The summed E-state index contributed by atoms with van der Waals surface area (Å²) < 4.78 is 0. The second-order valence-electron chi connectivity index (χ2n) is 6.79. The molecule has 0 aliphatic heterocycles. The van der Waals surface area contributed by atoms with Crippen LogP contribution in [-0.4, -0.2) is 22.8 Å². The summed E-state index contributed by atoms with van der Waals surface area (Å²) >= 11 is 5.79. The Bertz CT molecular complexity index is 968. The molecule has 0 aromatic heterocycles. The van der Waals surface area contributed by atoms with Crippen LogP contribution in [0, 0.1) is 10.1 Å². The van der Waals surface area contributed by atoms with E-state index in [9.17, 15) is 19.7 Å². The molecule has 0 spiro atoms. The summed E-state index contributed by atoms with van der Waals surface area (Å²) in [4.78, 5) is 35.2. The third-order valence-corrected chi connectivity index (χ3v) is 5.03. The van der Waals surface area contributed by atoms with Gasteiger partial charge in [-0.1, -0.05) is 42.6 Å². The Labute approximate surface area is 172 Å². The summed E-state index contributed by atoms with van der Waals surface area (Å²) in [5.41, 5.74) is 1.02. The molecular weight excluding hydrogens is 394 g/mol. The van der Waals surface area contributed by atoms with Crippen molar-refractivity contribution in [3.8, 4) is 0 Å². The molecule has 0 radical (unpaired) electrons. The summed E-state index contributed by atoms with van der Waals surface area (Å²) in [6.45, 7) is 0. The summed E-state index contributed by atoms with van der Waals surface area (Å²) in [5.74, 6) is -0.672. The average molecular weight is 414 g/mol. The van der Waals surface area contributed by atoms with E-state index < -0.39 is 10.8 Å². The predicted molar refractivity (Wildman–Crippen MR) is 112 cm³/mol. The van der Waals surface area contributed by atoms with Gasteiger partial charge >= 0.3 is 0 Å². The van der Waals surface area contributed by atoms with Gasteiger partial charge in [0.25, 0.3) is 11.6 Å². The lowest BCUT2D eigenvalue weighted by atomic mass is 10.1. The summed E-state index contributed by atoms with van der Waals surface area (Å²) in [7, 11) is 0. The highest BCUT2D eigenvalue weighted by Gasteiger charge is 2.20. The van der Waals surface area contributed by atoms with Gasteiger partial charge in [-0.05, 0) is 42.7 Å². The van der Waals surface area contributed by atoms with E-state index in [2.05, 4.69) is 10.6 Å². The van der Waals surface area contributed by atoms with E-state index in [1.807, 2.05) is 0 Å². The van der Waals surface area contributed by atoms with Gasteiger partial charge in [0.15, 0.2) is 0 Å². The number of nitrogens with one attached hydrogen (secondary N) is 2. The van der Waals surface area contributed by atoms with Crippen molar-refractivity contribution >= 4 is 40.9 Å². The molecule has 150 valence electrons. The van der Waals surface area contributed by atoms with Gasteiger partial charge in [-0.2, -0.15) is 0 Å². The number of nitro benzene ring substituents is 1. The average Bonchev–Trinajstić information content (AvgIpc) is 3.20. The number of carbonyl (C=O) groups is 2. The Hall–Kier alpha value is -3.19.